The fourth-order valence-electron chi connectivity index (χ4n) is 4.22. The van der Waals surface area contributed by atoms with Crippen molar-refractivity contribution in [2.45, 2.75) is 17.4 Å². The van der Waals surface area contributed by atoms with Crippen molar-refractivity contribution >= 4 is 49.7 Å². The van der Waals surface area contributed by atoms with Gasteiger partial charge in [0.15, 0.2) is 0 Å². The first-order valence-corrected chi connectivity index (χ1v) is 12.0. The zero-order valence-corrected chi connectivity index (χ0v) is 18.6. The molecule has 0 saturated heterocycles. The average molecular weight is 477 g/mol. The highest BCUT2D eigenvalue weighted by atomic mass is 32.2. The Morgan fingerprint density at radius 3 is 2.53 bits per heavy atom. The van der Waals surface area contributed by atoms with E-state index in [2.05, 4.69) is 10.3 Å². The van der Waals surface area contributed by atoms with Gasteiger partial charge in [0.1, 0.15) is 12.6 Å². The summed E-state index contributed by atoms with van der Waals surface area (Å²) in [6.45, 7) is -0.503. The lowest BCUT2D eigenvalue weighted by molar-refractivity contribution is -0.139. The number of carbonyl (C=O) groups is 2. The highest BCUT2D eigenvalue weighted by molar-refractivity contribution is 7.96. The van der Waals surface area contributed by atoms with Gasteiger partial charge in [-0.1, -0.05) is 54.6 Å². The summed E-state index contributed by atoms with van der Waals surface area (Å²) in [5, 5.41) is 14.2. The third-order valence-electron chi connectivity index (χ3n) is 5.88. The van der Waals surface area contributed by atoms with Gasteiger partial charge in [0, 0.05) is 28.9 Å². The molecule has 8 nitrogen and oxygen atoms in total. The molecule has 0 saturated carbocycles. The van der Waals surface area contributed by atoms with Crippen LogP contribution in [0.15, 0.2) is 76.7 Å². The fraction of sp³-hybridized carbons (Fsp3) is 0.120. The number of aliphatic carboxylic acids is 1. The van der Waals surface area contributed by atoms with E-state index >= 15 is 0 Å². The zero-order valence-electron chi connectivity index (χ0n) is 17.8. The van der Waals surface area contributed by atoms with Crippen LogP contribution < -0.4 is 5.32 Å². The molecule has 3 N–H and O–H groups in total. The minimum atomic E-state index is -3.84. The molecule has 1 aromatic heterocycles. The Kier molecular flexibility index (Phi) is 5.33. The van der Waals surface area contributed by atoms with Gasteiger partial charge in [-0.15, -0.1) is 0 Å². The summed E-state index contributed by atoms with van der Waals surface area (Å²) in [6, 6.07) is 16.9. The lowest BCUT2D eigenvalue weighted by atomic mass is 10.1. The van der Waals surface area contributed by atoms with E-state index in [1.807, 2.05) is 42.5 Å². The van der Waals surface area contributed by atoms with Crippen LogP contribution in [-0.2, 0) is 25.8 Å². The van der Waals surface area contributed by atoms with Crippen LogP contribution in [-0.4, -0.2) is 43.2 Å². The van der Waals surface area contributed by atoms with E-state index < -0.39 is 34.5 Å². The second kappa shape index (κ2) is 8.35. The third-order valence-corrected chi connectivity index (χ3v) is 7.79. The normalized spacial score (nSPS) is 15.0. The number of para-hydroxylation sites is 1. The monoisotopic (exact) mass is 476 g/mol. The highest BCUT2D eigenvalue weighted by Gasteiger charge is 2.32. The van der Waals surface area contributed by atoms with E-state index in [-0.39, 0.29) is 16.2 Å². The Bertz CT molecular complexity index is 1590. The van der Waals surface area contributed by atoms with Gasteiger partial charge in [-0.25, -0.2) is 18.0 Å². The largest absolute Gasteiger partial charge is 0.480 e. The summed E-state index contributed by atoms with van der Waals surface area (Å²) in [5.74, 6) is -1.23. The Labute approximate surface area is 194 Å². The van der Waals surface area contributed by atoms with Crippen LogP contribution in [0, 0.1) is 0 Å². The summed E-state index contributed by atoms with van der Waals surface area (Å²) in [6.07, 6.45) is 2.20. The molecule has 2 heterocycles. The van der Waals surface area contributed by atoms with E-state index in [4.69, 9.17) is 4.74 Å². The predicted molar refractivity (Wildman–Crippen MR) is 127 cm³/mol. The van der Waals surface area contributed by atoms with Gasteiger partial charge in [0.05, 0.1) is 9.80 Å². The number of amides is 1. The van der Waals surface area contributed by atoms with E-state index in [0.717, 1.165) is 21.9 Å². The molecule has 1 aliphatic rings. The van der Waals surface area contributed by atoms with Crippen molar-refractivity contribution in [3.8, 4) is 0 Å². The van der Waals surface area contributed by atoms with Crippen molar-refractivity contribution in [2.24, 2.45) is 0 Å². The topological polar surface area (TPSA) is 126 Å². The van der Waals surface area contributed by atoms with E-state index in [1.54, 1.807) is 24.4 Å². The van der Waals surface area contributed by atoms with Crippen molar-refractivity contribution in [1.29, 1.82) is 0 Å². The van der Waals surface area contributed by atoms with Crippen LogP contribution in [0.5, 0.6) is 0 Å². The number of benzene rings is 3. The number of nitrogens with one attached hydrogen (secondary N) is 2. The molecule has 5 rings (SSSR count). The standard InChI is InChI=1S/C25H20N2O6S/c28-24(29)22(12-17-13-26-21-8-4-3-6-19(17)21)27-25(30)33-14-18-11-16-10-9-15-5-1-2-7-20(15)23(16)34(18,31)32/h1-11,13,22,26H,12,14H2,(H,27,30)(H,28,29)/t22-/m0/s1. The minimum Gasteiger partial charge on any atom is -0.480 e. The van der Waals surface area contributed by atoms with Crippen LogP contribution in [0.3, 0.4) is 0 Å². The van der Waals surface area contributed by atoms with E-state index in [1.165, 1.54) is 6.08 Å². The number of hydrogen-bond donors (Lipinski definition) is 3. The number of rotatable bonds is 6. The number of fused-ring (bicyclic) bond motifs is 4. The van der Waals surface area contributed by atoms with Gasteiger partial charge in [-0.2, -0.15) is 0 Å². The molecule has 172 valence electrons. The number of sulfone groups is 1. The van der Waals surface area contributed by atoms with Crippen LogP contribution >= 0.6 is 0 Å². The summed E-state index contributed by atoms with van der Waals surface area (Å²) in [4.78, 5) is 27.3. The lowest BCUT2D eigenvalue weighted by Gasteiger charge is -2.14. The molecule has 4 aromatic rings. The Balaban J connectivity index is 1.29. The maximum Gasteiger partial charge on any atom is 0.408 e. The number of H-pyrrole nitrogens is 1. The second-order valence-corrected chi connectivity index (χ2v) is 9.93. The molecule has 1 amide bonds. The molecular weight excluding hydrogens is 456 g/mol. The van der Waals surface area contributed by atoms with Crippen molar-refractivity contribution < 1.29 is 27.9 Å². The van der Waals surface area contributed by atoms with Gasteiger partial charge < -0.3 is 20.1 Å². The Morgan fingerprint density at radius 1 is 1.00 bits per heavy atom. The molecule has 0 radical (unpaired) electrons. The molecule has 1 atom stereocenters. The number of alkyl carbamates (subject to hydrolysis) is 1. The quantitative estimate of drug-likeness (QED) is 0.388. The van der Waals surface area contributed by atoms with E-state index in [9.17, 15) is 23.1 Å². The summed E-state index contributed by atoms with van der Waals surface area (Å²) in [5.41, 5.74) is 2.11. The molecular formula is C25H20N2O6S. The number of carboxylic acid groups (broad SMARTS) is 1. The number of carbonyl (C=O) groups excluding carboxylic acids is 1. The lowest BCUT2D eigenvalue weighted by Crippen LogP contribution is -2.42. The van der Waals surface area contributed by atoms with Crippen molar-refractivity contribution in [2.75, 3.05) is 6.61 Å². The molecule has 9 heteroatoms. The molecule has 0 bridgehead atoms. The van der Waals surface area contributed by atoms with Gasteiger partial charge in [0.2, 0.25) is 9.84 Å². The molecule has 0 spiro atoms. The smallest absolute Gasteiger partial charge is 0.408 e. The first kappa shape index (κ1) is 21.7. The van der Waals surface area contributed by atoms with Crippen molar-refractivity contribution in [3.05, 3.63) is 82.9 Å². The van der Waals surface area contributed by atoms with Crippen molar-refractivity contribution in [3.63, 3.8) is 0 Å². The van der Waals surface area contributed by atoms with Gasteiger partial charge >= 0.3 is 12.1 Å². The molecule has 0 unspecified atom stereocenters. The van der Waals surface area contributed by atoms with Gasteiger partial charge in [-0.05, 0) is 28.7 Å². The molecule has 3 aromatic carbocycles. The summed E-state index contributed by atoms with van der Waals surface area (Å²) in [7, 11) is -3.84. The molecule has 1 aliphatic heterocycles. The van der Waals surface area contributed by atoms with Gasteiger partial charge in [0.25, 0.3) is 0 Å². The van der Waals surface area contributed by atoms with Crippen LogP contribution in [0.2, 0.25) is 0 Å². The number of aromatic amines is 1. The molecule has 34 heavy (non-hydrogen) atoms. The third kappa shape index (κ3) is 3.80. The molecule has 0 aliphatic carbocycles. The second-order valence-electron chi connectivity index (χ2n) is 7.99. The van der Waals surface area contributed by atoms with Crippen molar-refractivity contribution in [1.82, 2.24) is 10.3 Å². The summed E-state index contributed by atoms with van der Waals surface area (Å²) >= 11 is 0. The number of ether oxygens (including phenoxy) is 1. The van der Waals surface area contributed by atoms with Crippen LogP contribution in [0.4, 0.5) is 4.79 Å². The first-order valence-electron chi connectivity index (χ1n) is 10.5. The average Bonchev–Trinajstić information content (AvgIpc) is 3.35. The predicted octanol–water partition coefficient (Wildman–Crippen LogP) is 3.87. The van der Waals surface area contributed by atoms with Crippen LogP contribution in [0.1, 0.15) is 11.1 Å². The van der Waals surface area contributed by atoms with Gasteiger partial charge in [-0.3, -0.25) is 0 Å². The Morgan fingerprint density at radius 2 is 1.74 bits per heavy atom. The fourth-order valence-corrected chi connectivity index (χ4v) is 5.89. The maximum absolute atomic E-state index is 13.1. The SMILES string of the molecule is O=C(N[C@@H](Cc1c[nH]c2ccccc12)C(=O)O)OCC1=Cc2ccc3ccccc3c2S1(=O)=O. The summed E-state index contributed by atoms with van der Waals surface area (Å²) < 4.78 is 31.3. The first-order chi connectivity index (χ1) is 16.3. The number of carboxylic acids is 1. The maximum atomic E-state index is 13.1. The minimum absolute atomic E-state index is 0.0346. The van der Waals surface area contributed by atoms with Crippen LogP contribution in [0.25, 0.3) is 27.8 Å². The highest BCUT2D eigenvalue weighted by Crippen LogP contribution is 2.38. The molecule has 0 fully saturated rings. The number of aromatic nitrogens is 1. The van der Waals surface area contributed by atoms with E-state index in [0.29, 0.717) is 10.9 Å². The Hall–Kier alpha value is -4.11. The number of hydrogen-bond acceptors (Lipinski definition) is 5. The zero-order chi connectivity index (χ0) is 23.9.